The summed E-state index contributed by atoms with van der Waals surface area (Å²) < 4.78 is 0. The van der Waals surface area contributed by atoms with Crippen molar-refractivity contribution in [1.29, 1.82) is 0 Å². The molecule has 0 aliphatic heterocycles. The largest absolute Gasteiger partial charge is 0.300 e. The molecule has 0 saturated heterocycles. The number of rotatable bonds is 15. The summed E-state index contributed by atoms with van der Waals surface area (Å²) in [6.07, 6.45) is 8.12. The van der Waals surface area contributed by atoms with E-state index in [4.69, 9.17) is 0 Å². The molecule has 0 spiro atoms. The van der Waals surface area contributed by atoms with Crippen LogP contribution in [0.15, 0.2) is 0 Å². The lowest BCUT2D eigenvalue weighted by Crippen LogP contribution is -2.08. The summed E-state index contributed by atoms with van der Waals surface area (Å²) in [5.41, 5.74) is 0. The summed E-state index contributed by atoms with van der Waals surface area (Å²) >= 11 is 0. The van der Waals surface area contributed by atoms with Crippen LogP contribution in [-0.4, -0.2) is 60.1 Å². The Hall–Kier alpha value is -0.460. The third-order valence-corrected chi connectivity index (χ3v) is 9.34. The summed E-state index contributed by atoms with van der Waals surface area (Å²) in [6.45, 7) is 6.46. The van der Waals surface area contributed by atoms with E-state index in [1.165, 1.54) is 0 Å². The molecule has 0 fully saturated rings. The quantitative estimate of drug-likeness (QED) is 0.408. The predicted molar refractivity (Wildman–Crippen MR) is 104 cm³/mol. The van der Waals surface area contributed by atoms with Crippen molar-refractivity contribution in [3.05, 3.63) is 0 Å². The highest BCUT2D eigenvalue weighted by molar-refractivity contribution is 7.61. The van der Waals surface area contributed by atoms with Gasteiger partial charge in [0.05, 0.1) is 0 Å². The van der Waals surface area contributed by atoms with Crippen molar-refractivity contribution < 1.29 is 19.2 Å². The standard InChI is InChI=1S/C18H32O4P2/c1-15(19)5-9-23(10-6-16(2)20)13-14-24(11-7-17(3)21)12-8-18(4)22/h5-14H2,1-4H3. The van der Waals surface area contributed by atoms with Crippen LogP contribution in [0, 0.1) is 0 Å². The van der Waals surface area contributed by atoms with Gasteiger partial charge in [-0.05, 0) is 64.7 Å². The first-order valence-electron chi connectivity index (χ1n) is 8.63. The van der Waals surface area contributed by atoms with Crippen molar-refractivity contribution in [3.8, 4) is 0 Å². The van der Waals surface area contributed by atoms with Crippen molar-refractivity contribution in [3.63, 3.8) is 0 Å². The van der Waals surface area contributed by atoms with Gasteiger partial charge in [-0.3, -0.25) is 0 Å². The van der Waals surface area contributed by atoms with Gasteiger partial charge >= 0.3 is 0 Å². The van der Waals surface area contributed by atoms with E-state index in [-0.39, 0.29) is 39.0 Å². The predicted octanol–water partition coefficient (Wildman–Crippen LogP) is 3.87. The van der Waals surface area contributed by atoms with Crippen molar-refractivity contribution >= 4 is 39.0 Å². The third-order valence-electron chi connectivity index (χ3n) is 3.85. The van der Waals surface area contributed by atoms with Crippen LogP contribution >= 0.6 is 15.8 Å². The molecule has 0 aliphatic rings. The molecule has 0 radical (unpaired) electrons. The van der Waals surface area contributed by atoms with Gasteiger partial charge in [-0.2, -0.15) is 0 Å². The summed E-state index contributed by atoms with van der Waals surface area (Å²) in [5.74, 6) is 0.836. The van der Waals surface area contributed by atoms with Crippen molar-refractivity contribution in [1.82, 2.24) is 0 Å². The van der Waals surface area contributed by atoms with E-state index in [0.29, 0.717) is 25.7 Å². The lowest BCUT2D eigenvalue weighted by Gasteiger charge is -2.22. The second-order valence-electron chi connectivity index (χ2n) is 6.49. The van der Waals surface area contributed by atoms with Crippen molar-refractivity contribution in [2.24, 2.45) is 0 Å². The van der Waals surface area contributed by atoms with Gasteiger partial charge < -0.3 is 19.2 Å². The number of carbonyl (C=O) groups excluding carboxylic acids is 4. The Kier molecular flexibility index (Phi) is 13.5. The van der Waals surface area contributed by atoms with Crippen LogP contribution in [0.5, 0.6) is 0 Å². The Balaban J connectivity index is 4.53. The number of carbonyl (C=O) groups is 4. The van der Waals surface area contributed by atoms with Crippen LogP contribution in [0.3, 0.4) is 0 Å². The molecule has 0 heterocycles. The van der Waals surface area contributed by atoms with E-state index >= 15 is 0 Å². The van der Waals surface area contributed by atoms with Gasteiger partial charge in [0.2, 0.25) is 0 Å². The smallest absolute Gasteiger partial charge is 0.130 e. The van der Waals surface area contributed by atoms with Crippen molar-refractivity contribution in [2.45, 2.75) is 53.4 Å². The molecular formula is C18H32O4P2. The number of Topliss-reactive ketones (excluding diaryl/α,β-unsaturated/α-hetero) is 4. The molecular weight excluding hydrogens is 342 g/mol. The first-order chi connectivity index (χ1) is 11.2. The van der Waals surface area contributed by atoms with Crippen molar-refractivity contribution in [2.75, 3.05) is 37.0 Å². The Bertz CT molecular complexity index is 359. The zero-order valence-electron chi connectivity index (χ0n) is 15.6. The van der Waals surface area contributed by atoms with Gasteiger partial charge in [0.25, 0.3) is 0 Å². The number of ketones is 4. The molecule has 0 atom stereocenters. The monoisotopic (exact) mass is 374 g/mol. The van der Waals surface area contributed by atoms with Crippen LogP contribution in [-0.2, 0) is 19.2 Å². The molecule has 0 aromatic rings. The van der Waals surface area contributed by atoms with E-state index in [9.17, 15) is 19.2 Å². The molecule has 0 amide bonds. The Morgan fingerprint density at radius 2 is 0.667 bits per heavy atom. The Morgan fingerprint density at radius 1 is 0.458 bits per heavy atom. The molecule has 0 aliphatic carbocycles. The Morgan fingerprint density at radius 3 is 0.833 bits per heavy atom. The van der Waals surface area contributed by atoms with Crippen LogP contribution in [0.4, 0.5) is 0 Å². The van der Waals surface area contributed by atoms with Gasteiger partial charge in [-0.25, -0.2) is 0 Å². The highest BCUT2D eigenvalue weighted by Crippen LogP contribution is 2.44. The maximum absolute atomic E-state index is 11.3. The zero-order chi connectivity index (χ0) is 18.5. The van der Waals surface area contributed by atoms with E-state index < -0.39 is 0 Å². The third kappa shape index (κ3) is 15.1. The molecule has 4 nitrogen and oxygen atoms in total. The van der Waals surface area contributed by atoms with Crippen LogP contribution in [0.2, 0.25) is 0 Å². The second kappa shape index (κ2) is 13.8. The maximum atomic E-state index is 11.3. The summed E-state index contributed by atoms with van der Waals surface area (Å²) in [4.78, 5) is 45.0. The average molecular weight is 374 g/mol. The lowest BCUT2D eigenvalue weighted by atomic mass is 10.3. The minimum absolute atomic E-state index is 0.209. The zero-order valence-corrected chi connectivity index (χ0v) is 17.4. The first-order valence-corrected chi connectivity index (χ1v) is 12.4. The molecule has 24 heavy (non-hydrogen) atoms. The highest BCUT2D eigenvalue weighted by atomic mass is 31.1. The van der Waals surface area contributed by atoms with Gasteiger partial charge in [0, 0.05) is 25.7 Å². The van der Waals surface area contributed by atoms with Gasteiger partial charge in [0.15, 0.2) is 0 Å². The van der Waals surface area contributed by atoms with Gasteiger partial charge in [-0.15, -0.1) is 15.8 Å². The second-order valence-corrected chi connectivity index (χ2v) is 11.9. The van der Waals surface area contributed by atoms with Crippen LogP contribution < -0.4 is 0 Å². The fourth-order valence-electron chi connectivity index (χ4n) is 2.22. The summed E-state index contributed by atoms with van der Waals surface area (Å²) in [7, 11) is -0.611. The minimum atomic E-state index is -0.306. The molecule has 0 saturated carbocycles. The fraction of sp³-hybridized carbons (Fsp3) is 0.778. The average Bonchev–Trinajstić information content (AvgIpc) is 2.47. The molecule has 0 N–H and O–H groups in total. The van der Waals surface area contributed by atoms with E-state index in [1.807, 2.05) is 0 Å². The first kappa shape index (κ1) is 23.5. The summed E-state index contributed by atoms with van der Waals surface area (Å²) in [5, 5.41) is 0. The topological polar surface area (TPSA) is 68.3 Å². The van der Waals surface area contributed by atoms with Crippen LogP contribution in [0.1, 0.15) is 53.4 Å². The summed E-state index contributed by atoms with van der Waals surface area (Å²) in [6, 6.07) is 0. The number of hydrogen-bond acceptors (Lipinski definition) is 4. The highest BCUT2D eigenvalue weighted by Gasteiger charge is 2.15. The fourth-order valence-corrected chi connectivity index (χ4v) is 8.34. The molecule has 0 bridgehead atoms. The normalized spacial score (nSPS) is 11.1. The Labute approximate surface area is 149 Å². The molecule has 138 valence electrons. The molecule has 6 heteroatoms. The molecule has 0 aromatic carbocycles. The van der Waals surface area contributed by atoms with E-state index in [1.54, 1.807) is 27.7 Å². The van der Waals surface area contributed by atoms with Gasteiger partial charge in [0.1, 0.15) is 23.1 Å². The minimum Gasteiger partial charge on any atom is -0.300 e. The SMILES string of the molecule is CC(=O)CCP(CCC(C)=O)CCP(CCC(C)=O)CCC(C)=O. The van der Waals surface area contributed by atoms with Gasteiger partial charge in [-0.1, -0.05) is 0 Å². The number of hydrogen-bond donors (Lipinski definition) is 0. The molecule has 0 unspecified atom stereocenters. The van der Waals surface area contributed by atoms with E-state index in [0.717, 1.165) is 37.0 Å². The molecule has 0 rings (SSSR count). The lowest BCUT2D eigenvalue weighted by molar-refractivity contribution is -0.117. The molecule has 0 aromatic heterocycles. The van der Waals surface area contributed by atoms with E-state index in [2.05, 4.69) is 0 Å². The van der Waals surface area contributed by atoms with Crippen LogP contribution in [0.25, 0.3) is 0 Å². The maximum Gasteiger partial charge on any atom is 0.130 e.